The molecule has 2 atom stereocenters. The molecule has 106 valence electrons. The Morgan fingerprint density at radius 2 is 1.79 bits per heavy atom. The van der Waals surface area contributed by atoms with E-state index in [9.17, 15) is 8.42 Å². The van der Waals surface area contributed by atoms with Crippen LogP contribution in [0.2, 0.25) is 0 Å². The fourth-order valence-electron chi connectivity index (χ4n) is 2.79. The summed E-state index contributed by atoms with van der Waals surface area (Å²) in [6.07, 6.45) is 2.94. The Kier molecular flexibility index (Phi) is 4.31. The van der Waals surface area contributed by atoms with Gasteiger partial charge in [-0.05, 0) is 37.8 Å². The van der Waals surface area contributed by atoms with Gasteiger partial charge >= 0.3 is 0 Å². The molecule has 2 rings (SSSR count). The van der Waals surface area contributed by atoms with E-state index >= 15 is 0 Å². The Morgan fingerprint density at radius 1 is 1.16 bits per heavy atom. The van der Waals surface area contributed by atoms with Crippen molar-refractivity contribution >= 4 is 10.0 Å². The zero-order valence-electron chi connectivity index (χ0n) is 12.0. The third-order valence-corrected chi connectivity index (χ3v) is 6.06. The van der Waals surface area contributed by atoms with Crippen LogP contribution >= 0.6 is 0 Å². The molecule has 1 aliphatic heterocycles. The summed E-state index contributed by atoms with van der Waals surface area (Å²) >= 11 is 0. The molecule has 1 aliphatic rings. The van der Waals surface area contributed by atoms with Crippen LogP contribution in [-0.2, 0) is 10.0 Å². The molecule has 0 radical (unpaired) electrons. The van der Waals surface area contributed by atoms with Crippen LogP contribution in [0, 0.1) is 12.8 Å². The number of nitrogens with zero attached hydrogens (tertiary/aromatic N) is 1. The normalized spacial score (nSPS) is 24.8. The van der Waals surface area contributed by atoms with Gasteiger partial charge in [-0.25, -0.2) is 8.42 Å². The summed E-state index contributed by atoms with van der Waals surface area (Å²) in [5.74, 6) is 0.505. The number of aryl methyl sites for hydroxylation is 1. The van der Waals surface area contributed by atoms with E-state index in [0.29, 0.717) is 17.4 Å². The minimum atomic E-state index is -3.33. The van der Waals surface area contributed by atoms with E-state index in [1.54, 1.807) is 16.4 Å². The maximum Gasteiger partial charge on any atom is 0.243 e. The predicted octanol–water partition coefficient (Wildman–Crippen LogP) is 3.19. The molecule has 0 N–H and O–H groups in total. The van der Waals surface area contributed by atoms with Gasteiger partial charge in [0.15, 0.2) is 0 Å². The largest absolute Gasteiger partial charge is 0.243 e. The molecule has 0 aliphatic carbocycles. The molecule has 0 bridgehead atoms. The molecule has 0 aromatic heterocycles. The van der Waals surface area contributed by atoms with Crippen molar-refractivity contribution in [2.75, 3.05) is 6.54 Å². The molecule has 1 aromatic rings. The molecule has 4 heteroatoms. The average molecular weight is 281 g/mol. The molecule has 2 unspecified atom stereocenters. The first-order valence-corrected chi connectivity index (χ1v) is 8.51. The number of rotatable bonds is 4. The molecular formula is C15H23NO2S. The van der Waals surface area contributed by atoms with Crippen molar-refractivity contribution in [1.82, 2.24) is 4.31 Å². The summed E-state index contributed by atoms with van der Waals surface area (Å²) < 4.78 is 27.1. The van der Waals surface area contributed by atoms with Gasteiger partial charge in [0.1, 0.15) is 0 Å². The summed E-state index contributed by atoms with van der Waals surface area (Å²) in [6.45, 7) is 6.85. The van der Waals surface area contributed by atoms with E-state index in [0.717, 1.165) is 24.8 Å². The van der Waals surface area contributed by atoms with Gasteiger partial charge in [-0.3, -0.25) is 0 Å². The molecule has 3 nitrogen and oxygen atoms in total. The Hall–Kier alpha value is -0.870. The fourth-order valence-corrected chi connectivity index (χ4v) is 4.57. The standard InChI is InChI=1S/C15H23NO2S/c1-4-13-10-14(5-2)16(11-13)19(17,18)15-8-6-12(3)7-9-15/h6-9,13-14H,4-5,10-11H2,1-3H3. The summed E-state index contributed by atoms with van der Waals surface area (Å²) in [5.41, 5.74) is 1.08. The summed E-state index contributed by atoms with van der Waals surface area (Å²) in [4.78, 5) is 0.424. The van der Waals surface area contributed by atoms with Crippen LogP contribution in [0.1, 0.15) is 38.7 Å². The summed E-state index contributed by atoms with van der Waals surface area (Å²) in [5, 5.41) is 0. The average Bonchev–Trinajstić information content (AvgIpc) is 2.83. The van der Waals surface area contributed by atoms with Gasteiger partial charge in [0.25, 0.3) is 0 Å². The molecule has 0 amide bonds. The highest BCUT2D eigenvalue weighted by atomic mass is 32.2. The summed E-state index contributed by atoms with van der Waals surface area (Å²) in [6, 6.07) is 7.33. The van der Waals surface area contributed by atoms with Crippen LogP contribution in [0.25, 0.3) is 0 Å². The van der Waals surface area contributed by atoms with Crippen molar-refractivity contribution < 1.29 is 8.42 Å². The van der Waals surface area contributed by atoms with E-state index in [4.69, 9.17) is 0 Å². The first kappa shape index (κ1) is 14.5. The lowest BCUT2D eigenvalue weighted by Gasteiger charge is -2.23. The van der Waals surface area contributed by atoms with Gasteiger partial charge in [-0.1, -0.05) is 38.0 Å². The highest BCUT2D eigenvalue weighted by Gasteiger charge is 2.38. The van der Waals surface area contributed by atoms with Crippen LogP contribution in [0.3, 0.4) is 0 Å². The molecule has 1 aromatic carbocycles. The van der Waals surface area contributed by atoms with Crippen molar-refractivity contribution in [2.45, 2.75) is 51.0 Å². The van der Waals surface area contributed by atoms with E-state index in [1.165, 1.54) is 0 Å². The van der Waals surface area contributed by atoms with E-state index in [-0.39, 0.29) is 6.04 Å². The van der Waals surface area contributed by atoms with Gasteiger partial charge in [-0.15, -0.1) is 0 Å². The van der Waals surface area contributed by atoms with Crippen LogP contribution in [0.4, 0.5) is 0 Å². The van der Waals surface area contributed by atoms with Crippen LogP contribution in [0.15, 0.2) is 29.2 Å². The van der Waals surface area contributed by atoms with Crippen molar-refractivity contribution in [3.05, 3.63) is 29.8 Å². The van der Waals surface area contributed by atoms with Gasteiger partial charge in [0.05, 0.1) is 4.90 Å². The van der Waals surface area contributed by atoms with Gasteiger partial charge in [0.2, 0.25) is 10.0 Å². The lowest BCUT2D eigenvalue weighted by molar-refractivity contribution is 0.378. The third-order valence-electron chi connectivity index (χ3n) is 4.13. The smallest absolute Gasteiger partial charge is 0.207 e. The maximum atomic E-state index is 12.7. The Bertz CT molecular complexity index is 522. The maximum absolute atomic E-state index is 12.7. The van der Waals surface area contributed by atoms with Crippen LogP contribution < -0.4 is 0 Å². The van der Waals surface area contributed by atoms with Gasteiger partial charge in [0, 0.05) is 12.6 Å². The van der Waals surface area contributed by atoms with Crippen LogP contribution in [-0.4, -0.2) is 25.3 Å². The molecule has 19 heavy (non-hydrogen) atoms. The predicted molar refractivity (Wildman–Crippen MR) is 77.5 cm³/mol. The van der Waals surface area contributed by atoms with E-state index in [2.05, 4.69) is 13.8 Å². The topological polar surface area (TPSA) is 37.4 Å². The quantitative estimate of drug-likeness (QED) is 0.850. The fraction of sp³-hybridized carbons (Fsp3) is 0.600. The second-order valence-electron chi connectivity index (χ2n) is 5.46. The van der Waals surface area contributed by atoms with Crippen molar-refractivity contribution in [3.8, 4) is 0 Å². The Labute approximate surface area is 116 Å². The first-order chi connectivity index (χ1) is 8.98. The van der Waals surface area contributed by atoms with Gasteiger partial charge < -0.3 is 0 Å². The lowest BCUT2D eigenvalue weighted by Crippen LogP contribution is -2.35. The van der Waals surface area contributed by atoms with Crippen molar-refractivity contribution in [2.24, 2.45) is 5.92 Å². The highest BCUT2D eigenvalue weighted by molar-refractivity contribution is 7.89. The molecular weight excluding hydrogens is 258 g/mol. The van der Waals surface area contributed by atoms with Crippen molar-refractivity contribution in [1.29, 1.82) is 0 Å². The second kappa shape index (κ2) is 5.63. The van der Waals surface area contributed by atoms with Crippen LogP contribution in [0.5, 0.6) is 0 Å². The molecule has 1 saturated heterocycles. The molecule has 1 heterocycles. The second-order valence-corrected chi connectivity index (χ2v) is 7.35. The van der Waals surface area contributed by atoms with E-state index in [1.807, 2.05) is 19.1 Å². The SMILES string of the molecule is CCC1CC(CC)N(S(=O)(=O)c2ccc(C)cc2)C1. The molecule has 1 fully saturated rings. The van der Waals surface area contributed by atoms with E-state index < -0.39 is 10.0 Å². The Morgan fingerprint density at radius 3 is 2.32 bits per heavy atom. The highest BCUT2D eigenvalue weighted by Crippen LogP contribution is 2.32. The Balaban J connectivity index is 2.31. The summed E-state index contributed by atoms with van der Waals surface area (Å²) in [7, 11) is -3.33. The molecule has 0 spiro atoms. The number of hydrogen-bond acceptors (Lipinski definition) is 2. The zero-order valence-corrected chi connectivity index (χ0v) is 12.8. The number of benzene rings is 1. The minimum Gasteiger partial charge on any atom is -0.207 e. The van der Waals surface area contributed by atoms with Gasteiger partial charge in [-0.2, -0.15) is 4.31 Å². The third kappa shape index (κ3) is 2.84. The first-order valence-electron chi connectivity index (χ1n) is 7.07. The van der Waals surface area contributed by atoms with Crippen molar-refractivity contribution in [3.63, 3.8) is 0 Å². The monoisotopic (exact) mass is 281 g/mol. The zero-order chi connectivity index (χ0) is 14.0. The lowest BCUT2D eigenvalue weighted by atomic mass is 10.0. The molecule has 0 saturated carbocycles. The minimum absolute atomic E-state index is 0.163. The number of sulfonamides is 1. The number of hydrogen-bond donors (Lipinski definition) is 0.